The standard InChI is InChI=1S/C17H14BrCl2N3O4/c1-27-14-5-9(4-11(18)17(14)26)8-21-23-16(25)7-15(24)22-10-2-3-12(19)13(20)6-10/h2-6,8,26H,7H2,1H3,(H,22,24)(H,23,25). The number of hydrogen-bond acceptors (Lipinski definition) is 5. The summed E-state index contributed by atoms with van der Waals surface area (Å²) < 4.78 is 5.43. The van der Waals surface area contributed by atoms with Crippen LogP contribution in [0.5, 0.6) is 11.5 Å². The van der Waals surface area contributed by atoms with Gasteiger partial charge in [-0.25, -0.2) is 5.43 Å². The quantitative estimate of drug-likeness (QED) is 0.335. The molecule has 27 heavy (non-hydrogen) atoms. The summed E-state index contributed by atoms with van der Waals surface area (Å²) in [5, 5.41) is 16.7. The predicted octanol–water partition coefficient (Wildman–Crippen LogP) is 3.95. The SMILES string of the molecule is COc1cc(C=NNC(=O)CC(=O)Nc2ccc(Cl)c(Cl)c2)cc(Br)c1O. The van der Waals surface area contributed by atoms with Crippen LogP contribution in [-0.4, -0.2) is 30.2 Å². The van der Waals surface area contributed by atoms with Gasteiger partial charge in [0.1, 0.15) is 6.42 Å². The Balaban J connectivity index is 1.90. The molecule has 7 nitrogen and oxygen atoms in total. The maximum atomic E-state index is 11.9. The number of nitrogens with one attached hydrogen (secondary N) is 2. The van der Waals surface area contributed by atoms with E-state index in [9.17, 15) is 14.7 Å². The predicted molar refractivity (Wildman–Crippen MR) is 108 cm³/mol. The lowest BCUT2D eigenvalue weighted by Crippen LogP contribution is -2.24. The fraction of sp³-hybridized carbons (Fsp3) is 0.118. The molecule has 0 heterocycles. The molecule has 0 atom stereocenters. The van der Waals surface area contributed by atoms with Gasteiger partial charge < -0.3 is 15.2 Å². The van der Waals surface area contributed by atoms with Gasteiger partial charge in [-0.05, 0) is 51.8 Å². The van der Waals surface area contributed by atoms with Gasteiger partial charge in [0.05, 0.1) is 27.8 Å². The second kappa shape index (κ2) is 9.59. The molecule has 3 N–H and O–H groups in total. The number of hydrogen-bond donors (Lipinski definition) is 3. The first-order chi connectivity index (χ1) is 12.8. The summed E-state index contributed by atoms with van der Waals surface area (Å²) in [5.41, 5.74) is 3.23. The van der Waals surface area contributed by atoms with Crippen LogP contribution >= 0.6 is 39.1 Å². The minimum Gasteiger partial charge on any atom is -0.503 e. The Morgan fingerprint density at radius 1 is 1.22 bits per heavy atom. The highest BCUT2D eigenvalue weighted by molar-refractivity contribution is 9.10. The highest BCUT2D eigenvalue weighted by Crippen LogP contribution is 2.34. The van der Waals surface area contributed by atoms with Crippen LogP contribution in [0.25, 0.3) is 0 Å². The maximum Gasteiger partial charge on any atom is 0.249 e. The van der Waals surface area contributed by atoms with E-state index in [4.69, 9.17) is 27.9 Å². The van der Waals surface area contributed by atoms with E-state index in [2.05, 4.69) is 31.8 Å². The van der Waals surface area contributed by atoms with Crippen LogP contribution < -0.4 is 15.5 Å². The largest absolute Gasteiger partial charge is 0.503 e. The number of nitrogens with zero attached hydrogens (tertiary/aromatic N) is 1. The average Bonchev–Trinajstić information content (AvgIpc) is 2.60. The molecule has 0 radical (unpaired) electrons. The van der Waals surface area contributed by atoms with Gasteiger partial charge in [0.15, 0.2) is 11.5 Å². The third kappa shape index (κ3) is 6.13. The van der Waals surface area contributed by atoms with Crippen LogP contribution in [0.2, 0.25) is 10.0 Å². The number of carbonyl (C=O) groups excluding carboxylic acids is 2. The van der Waals surface area contributed by atoms with Crippen LogP contribution in [0, 0.1) is 0 Å². The molecule has 0 saturated carbocycles. The smallest absolute Gasteiger partial charge is 0.249 e. The third-order valence-corrected chi connectivity index (χ3v) is 4.54. The zero-order valence-electron chi connectivity index (χ0n) is 13.9. The monoisotopic (exact) mass is 473 g/mol. The summed E-state index contributed by atoms with van der Waals surface area (Å²) in [4.78, 5) is 23.7. The number of phenolic OH excluding ortho intramolecular Hbond substituents is 1. The molecule has 0 unspecified atom stereocenters. The summed E-state index contributed by atoms with van der Waals surface area (Å²) in [7, 11) is 1.41. The van der Waals surface area contributed by atoms with E-state index < -0.39 is 18.2 Å². The molecule has 0 aliphatic rings. The number of aromatic hydroxyl groups is 1. The number of methoxy groups -OCH3 is 1. The molecule has 0 aromatic heterocycles. The summed E-state index contributed by atoms with van der Waals surface area (Å²) in [6.07, 6.45) is 0.918. The van der Waals surface area contributed by atoms with Gasteiger partial charge in [0.2, 0.25) is 11.8 Å². The van der Waals surface area contributed by atoms with Crippen molar-refractivity contribution in [1.29, 1.82) is 0 Å². The minimum atomic E-state index is -0.603. The Bertz CT molecular complexity index is 906. The number of amides is 2. The molecule has 2 aromatic carbocycles. The van der Waals surface area contributed by atoms with E-state index >= 15 is 0 Å². The van der Waals surface area contributed by atoms with Crippen molar-refractivity contribution >= 4 is 62.8 Å². The van der Waals surface area contributed by atoms with E-state index in [1.165, 1.54) is 31.5 Å². The number of ether oxygens (including phenoxy) is 1. The molecule has 142 valence electrons. The van der Waals surface area contributed by atoms with Gasteiger partial charge in [-0.2, -0.15) is 5.10 Å². The van der Waals surface area contributed by atoms with E-state index in [0.717, 1.165) is 0 Å². The molecule has 2 rings (SSSR count). The lowest BCUT2D eigenvalue weighted by molar-refractivity contribution is -0.126. The number of benzene rings is 2. The fourth-order valence-electron chi connectivity index (χ4n) is 1.97. The molecule has 0 bridgehead atoms. The first-order valence-electron chi connectivity index (χ1n) is 7.43. The molecule has 2 amide bonds. The molecular formula is C17H14BrCl2N3O4. The van der Waals surface area contributed by atoms with Crippen LogP contribution in [0.4, 0.5) is 5.69 Å². The van der Waals surface area contributed by atoms with Gasteiger partial charge in [0, 0.05) is 5.69 Å². The van der Waals surface area contributed by atoms with E-state index in [-0.39, 0.29) is 11.5 Å². The summed E-state index contributed by atoms with van der Waals surface area (Å²) in [6.45, 7) is 0. The van der Waals surface area contributed by atoms with Crippen LogP contribution in [0.1, 0.15) is 12.0 Å². The molecule has 0 spiro atoms. The fourth-order valence-corrected chi connectivity index (χ4v) is 2.72. The lowest BCUT2D eigenvalue weighted by atomic mass is 10.2. The summed E-state index contributed by atoms with van der Waals surface area (Å²) in [6, 6.07) is 7.71. The Morgan fingerprint density at radius 3 is 2.63 bits per heavy atom. The Hall–Kier alpha value is -2.29. The van der Waals surface area contributed by atoms with Crippen molar-refractivity contribution in [3.63, 3.8) is 0 Å². The van der Waals surface area contributed by atoms with Crippen molar-refractivity contribution in [2.45, 2.75) is 6.42 Å². The number of rotatable bonds is 6. The first-order valence-corrected chi connectivity index (χ1v) is 8.98. The topological polar surface area (TPSA) is 100 Å². The van der Waals surface area contributed by atoms with Crippen molar-refractivity contribution in [3.8, 4) is 11.5 Å². The minimum absolute atomic E-state index is 0.0438. The highest BCUT2D eigenvalue weighted by Gasteiger charge is 2.10. The maximum absolute atomic E-state index is 11.9. The van der Waals surface area contributed by atoms with Crippen molar-refractivity contribution < 1.29 is 19.4 Å². The van der Waals surface area contributed by atoms with Crippen molar-refractivity contribution in [1.82, 2.24) is 5.43 Å². The molecule has 0 aliphatic carbocycles. The molecule has 0 fully saturated rings. The van der Waals surface area contributed by atoms with Crippen molar-refractivity contribution in [2.75, 3.05) is 12.4 Å². The Kier molecular flexibility index (Phi) is 7.46. The number of anilines is 1. The number of carbonyl (C=O) groups is 2. The van der Waals surface area contributed by atoms with Crippen LogP contribution in [-0.2, 0) is 9.59 Å². The summed E-state index contributed by atoms with van der Waals surface area (Å²) >= 11 is 14.8. The van der Waals surface area contributed by atoms with E-state index in [1.807, 2.05) is 0 Å². The molecule has 0 aliphatic heterocycles. The van der Waals surface area contributed by atoms with Gasteiger partial charge in [-0.1, -0.05) is 23.2 Å². The second-order valence-electron chi connectivity index (χ2n) is 5.20. The van der Waals surface area contributed by atoms with Crippen LogP contribution in [0.15, 0.2) is 39.9 Å². The first kappa shape index (κ1) is 21.0. The normalized spacial score (nSPS) is 10.7. The Labute approximate surface area is 173 Å². The van der Waals surface area contributed by atoms with E-state index in [0.29, 0.717) is 25.8 Å². The summed E-state index contributed by atoms with van der Waals surface area (Å²) in [5.74, 6) is -0.931. The Morgan fingerprint density at radius 2 is 1.96 bits per heavy atom. The molecular weight excluding hydrogens is 461 g/mol. The second-order valence-corrected chi connectivity index (χ2v) is 6.87. The average molecular weight is 475 g/mol. The van der Waals surface area contributed by atoms with Gasteiger partial charge >= 0.3 is 0 Å². The van der Waals surface area contributed by atoms with Gasteiger partial charge in [-0.3, -0.25) is 9.59 Å². The molecule has 10 heteroatoms. The zero-order chi connectivity index (χ0) is 20.0. The molecule has 2 aromatic rings. The highest BCUT2D eigenvalue weighted by atomic mass is 79.9. The number of halogens is 3. The third-order valence-electron chi connectivity index (χ3n) is 3.20. The number of hydrazone groups is 1. The van der Waals surface area contributed by atoms with Gasteiger partial charge in [-0.15, -0.1) is 0 Å². The van der Waals surface area contributed by atoms with Crippen LogP contribution in [0.3, 0.4) is 0 Å². The van der Waals surface area contributed by atoms with Crippen molar-refractivity contribution in [3.05, 3.63) is 50.4 Å². The van der Waals surface area contributed by atoms with Gasteiger partial charge in [0.25, 0.3) is 0 Å². The lowest BCUT2D eigenvalue weighted by Gasteiger charge is -2.07. The molecule has 0 saturated heterocycles. The number of phenols is 1. The van der Waals surface area contributed by atoms with E-state index in [1.54, 1.807) is 12.1 Å². The zero-order valence-corrected chi connectivity index (χ0v) is 17.0. The van der Waals surface area contributed by atoms with Crippen molar-refractivity contribution in [2.24, 2.45) is 5.10 Å².